The molecule has 1 unspecified atom stereocenters. The Bertz CT molecular complexity index is 261. The Labute approximate surface area is 79.1 Å². The lowest BCUT2D eigenvalue weighted by Crippen LogP contribution is -2.28. The second-order valence-corrected chi connectivity index (χ2v) is 3.64. The van der Waals surface area contributed by atoms with Crippen LogP contribution in [0.2, 0.25) is 0 Å². The van der Waals surface area contributed by atoms with Gasteiger partial charge in [-0.3, -0.25) is 4.68 Å². The molecule has 1 aliphatic rings. The smallest absolute Gasteiger partial charge is 0.0668 e. The van der Waals surface area contributed by atoms with Crippen molar-refractivity contribution >= 4 is 0 Å². The third-order valence-electron chi connectivity index (χ3n) is 2.70. The highest BCUT2D eigenvalue weighted by atomic mass is 15.3. The Balaban J connectivity index is 2.05. The van der Waals surface area contributed by atoms with E-state index in [4.69, 9.17) is 0 Å². The number of nitrogens with zero attached hydrogens (tertiary/aromatic N) is 2. The molecule has 0 aromatic carbocycles. The van der Waals surface area contributed by atoms with Crippen LogP contribution >= 0.6 is 0 Å². The van der Waals surface area contributed by atoms with Gasteiger partial charge in [-0.25, -0.2) is 0 Å². The van der Waals surface area contributed by atoms with Crippen molar-refractivity contribution in [1.29, 1.82) is 0 Å². The lowest BCUT2D eigenvalue weighted by Gasteiger charge is -2.20. The summed E-state index contributed by atoms with van der Waals surface area (Å²) in [7, 11) is 0. The van der Waals surface area contributed by atoms with Gasteiger partial charge in [-0.15, -0.1) is 0 Å². The normalized spacial score (nSPS) is 23.3. The highest BCUT2D eigenvalue weighted by Crippen LogP contribution is 2.20. The molecule has 13 heavy (non-hydrogen) atoms. The summed E-state index contributed by atoms with van der Waals surface area (Å²) in [5.74, 6) is 0.640. The Morgan fingerprint density at radius 2 is 2.62 bits per heavy atom. The van der Waals surface area contributed by atoms with E-state index >= 15 is 0 Å². The van der Waals surface area contributed by atoms with Gasteiger partial charge in [-0.2, -0.15) is 5.10 Å². The molecule has 1 N–H and O–H groups in total. The highest BCUT2D eigenvalue weighted by Gasteiger charge is 2.16. The van der Waals surface area contributed by atoms with Gasteiger partial charge >= 0.3 is 0 Å². The van der Waals surface area contributed by atoms with Crippen molar-refractivity contribution in [3.8, 4) is 0 Å². The molecule has 0 aliphatic carbocycles. The van der Waals surface area contributed by atoms with Crippen LogP contribution in [0.15, 0.2) is 12.3 Å². The standard InChI is InChI=1S/C10H17N3/c1-2-13-7-5-10(12-13)9-4-3-6-11-8-9/h5,7,9,11H,2-4,6,8H2,1H3. The Kier molecular flexibility index (Phi) is 2.64. The van der Waals surface area contributed by atoms with Gasteiger partial charge in [0.15, 0.2) is 0 Å². The molecule has 0 amide bonds. The molecule has 1 aliphatic heterocycles. The van der Waals surface area contributed by atoms with Crippen LogP contribution in [0.3, 0.4) is 0 Å². The second-order valence-electron chi connectivity index (χ2n) is 3.64. The van der Waals surface area contributed by atoms with Gasteiger partial charge in [0.1, 0.15) is 0 Å². The fraction of sp³-hybridized carbons (Fsp3) is 0.700. The molecule has 1 saturated heterocycles. The van der Waals surface area contributed by atoms with Gasteiger partial charge in [0.05, 0.1) is 5.69 Å². The van der Waals surface area contributed by atoms with E-state index in [1.807, 2.05) is 4.68 Å². The van der Waals surface area contributed by atoms with Crippen molar-refractivity contribution in [1.82, 2.24) is 15.1 Å². The molecule has 0 radical (unpaired) electrons. The van der Waals surface area contributed by atoms with Crippen molar-refractivity contribution in [2.75, 3.05) is 13.1 Å². The molecule has 1 aromatic rings. The summed E-state index contributed by atoms with van der Waals surface area (Å²) in [5.41, 5.74) is 1.26. The average molecular weight is 179 g/mol. The Hall–Kier alpha value is -0.830. The number of rotatable bonds is 2. The largest absolute Gasteiger partial charge is 0.316 e. The molecule has 1 atom stereocenters. The molecule has 3 nitrogen and oxygen atoms in total. The van der Waals surface area contributed by atoms with E-state index in [-0.39, 0.29) is 0 Å². The molecule has 72 valence electrons. The van der Waals surface area contributed by atoms with Crippen molar-refractivity contribution in [2.45, 2.75) is 32.2 Å². The highest BCUT2D eigenvalue weighted by molar-refractivity contribution is 5.08. The number of nitrogens with one attached hydrogen (secondary N) is 1. The molecule has 2 heterocycles. The van der Waals surface area contributed by atoms with Crippen LogP contribution < -0.4 is 5.32 Å². The monoisotopic (exact) mass is 179 g/mol. The van der Waals surface area contributed by atoms with E-state index in [2.05, 4.69) is 29.6 Å². The molecular formula is C10H17N3. The zero-order valence-electron chi connectivity index (χ0n) is 8.16. The van der Waals surface area contributed by atoms with Gasteiger partial charge in [0.2, 0.25) is 0 Å². The zero-order chi connectivity index (χ0) is 9.10. The lowest BCUT2D eigenvalue weighted by molar-refractivity contribution is 0.449. The number of piperidine rings is 1. The summed E-state index contributed by atoms with van der Waals surface area (Å²) in [4.78, 5) is 0. The minimum atomic E-state index is 0.640. The summed E-state index contributed by atoms with van der Waals surface area (Å²) >= 11 is 0. The summed E-state index contributed by atoms with van der Waals surface area (Å²) in [6.07, 6.45) is 4.64. The second kappa shape index (κ2) is 3.92. The van der Waals surface area contributed by atoms with Crippen LogP contribution in [-0.2, 0) is 6.54 Å². The molecule has 0 bridgehead atoms. The molecule has 3 heteroatoms. The first-order valence-electron chi connectivity index (χ1n) is 5.14. The number of hydrogen-bond donors (Lipinski definition) is 1. The quantitative estimate of drug-likeness (QED) is 0.743. The van der Waals surface area contributed by atoms with E-state index in [1.165, 1.54) is 25.1 Å². The summed E-state index contributed by atoms with van der Waals surface area (Å²) in [5, 5.41) is 7.94. The van der Waals surface area contributed by atoms with E-state index < -0.39 is 0 Å². The topological polar surface area (TPSA) is 29.9 Å². The number of aryl methyl sites for hydroxylation is 1. The molecule has 1 aromatic heterocycles. The van der Waals surface area contributed by atoms with E-state index in [0.29, 0.717) is 5.92 Å². The maximum absolute atomic E-state index is 4.53. The molecule has 0 saturated carbocycles. The van der Waals surface area contributed by atoms with E-state index in [0.717, 1.165) is 13.1 Å². The van der Waals surface area contributed by atoms with Crippen LogP contribution in [0, 0.1) is 0 Å². The first kappa shape index (κ1) is 8.75. The van der Waals surface area contributed by atoms with Gasteiger partial charge in [0, 0.05) is 25.2 Å². The third kappa shape index (κ3) is 1.91. The van der Waals surface area contributed by atoms with Crippen molar-refractivity contribution in [3.05, 3.63) is 18.0 Å². The first-order valence-corrected chi connectivity index (χ1v) is 5.14. The fourth-order valence-electron chi connectivity index (χ4n) is 1.88. The minimum Gasteiger partial charge on any atom is -0.316 e. The predicted molar refractivity (Wildman–Crippen MR) is 52.7 cm³/mol. The zero-order valence-corrected chi connectivity index (χ0v) is 8.16. The van der Waals surface area contributed by atoms with Crippen molar-refractivity contribution < 1.29 is 0 Å². The van der Waals surface area contributed by atoms with Gasteiger partial charge < -0.3 is 5.32 Å². The summed E-state index contributed by atoms with van der Waals surface area (Å²) in [6, 6.07) is 2.15. The van der Waals surface area contributed by atoms with E-state index in [9.17, 15) is 0 Å². The van der Waals surface area contributed by atoms with Crippen LogP contribution in [0.25, 0.3) is 0 Å². The van der Waals surface area contributed by atoms with Crippen LogP contribution in [0.1, 0.15) is 31.4 Å². The summed E-state index contributed by atoms with van der Waals surface area (Å²) in [6.45, 7) is 5.36. The average Bonchev–Trinajstić information content (AvgIpc) is 2.67. The molecule has 2 rings (SSSR count). The predicted octanol–water partition coefficient (Wildman–Crippen LogP) is 1.37. The molecular weight excluding hydrogens is 162 g/mol. The maximum atomic E-state index is 4.53. The maximum Gasteiger partial charge on any atom is 0.0668 e. The van der Waals surface area contributed by atoms with E-state index in [1.54, 1.807) is 0 Å². The Morgan fingerprint density at radius 1 is 1.69 bits per heavy atom. The lowest BCUT2D eigenvalue weighted by atomic mass is 9.97. The first-order chi connectivity index (χ1) is 6.40. The number of hydrogen-bond acceptors (Lipinski definition) is 2. The number of aromatic nitrogens is 2. The SMILES string of the molecule is CCn1ccc(C2CCCNC2)n1. The van der Waals surface area contributed by atoms with Crippen molar-refractivity contribution in [3.63, 3.8) is 0 Å². The van der Waals surface area contributed by atoms with Gasteiger partial charge in [-0.1, -0.05) is 0 Å². The van der Waals surface area contributed by atoms with Crippen LogP contribution in [-0.4, -0.2) is 22.9 Å². The minimum absolute atomic E-state index is 0.640. The third-order valence-corrected chi connectivity index (χ3v) is 2.70. The van der Waals surface area contributed by atoms with Crippen molar-refractivity contribution in [2.24, 2.45) is 0 Å². The van der Waals surface area contributed by atoms with Crippen LogP contribution in [0.5, 0.6) is 0 Å². The Morgan fingerprint density at radius 3 is 3.23 bits per heavy atom. The fourth-order valence-corrected chi connectivity index (χ4v) is 1.88. The van der Waals surface area contributed by atoms with Gasteiger partial charge in [0.25, 0.3) is 0 Å². The van der Waals surface area contributed by atoms with Crippen LogP contribution in [0.4, 0.5) is 0 Å². The van der Waals surface area contributed by atoms with Gasteiger partial charge in [-0.05, 0) is 32.4 Å². The molecule has 0 spiro atoms. The summed E-state index contributed by atoms with van der Waals surface area (Å²) < 4.78 is 2.00. The molecule has 1 fully saturated rings.